The zero-order chi connectivity index (χ0) is 18.7. The average molecular weight is 365 g/mol. The molecule has 0 bridgehead atoms. The molecule has 0 fully saturated rings. The van der Waals surface area contributed by atoms with Gasteiger partial charge < -0.3 is 0 Å². The molecule has 3 aromatic rings. The Hall–Kier alpha value is -2.23. The van der Waals surface area contributed by atoms with E-state index in [1.54, 1.807) is 0 Å². The predicted octanol–water partition coefficient (Wildman–Crippen LogP) is 6.41. The van der Waals surface area contributed by atoms with Gasteiger partial charge in [-0.15, -0.1) is 5.10 Å². The van der Waals surface area contributed by atoms with E-state index in [9.17, 15) is 0 Å². The molecule has 0 aliphatic heterocycles. The molecule has 4 heteroatoms. The Kier molecular flexibility index (Phi) is 7.82. The lowest BCUT2D eigenvalue weighted by Gasteiger charge is -2.02. The Labute approximate surface area is 163 Å². The van der Waals surface area contributed by atoms with Gasteiger partial charge in [0.15, 0.2) is 0 Å². The van der Waals surface area contributed by atoms with Crippen LogP contribution >= 0.6 is 0 Å². The summed E-state index contributed by atoms with van der Waals surface area (Å²) in [6.07, 6.45) is 15.5. The van der Waals surface area contributed by atoms with Crippen molar-refractivity contribution in [3.63, 3.8) is 0 Å². The van der Waals surface area contributed by atoms with E-state index in [1.807, 2.05) is 35.1 Å². The third-order valence-corrected chi connectivity index (χ3v) is 5.14. The Morgan fingerprint density at radius 1 is 0.741 bits per heavy atom. The molecule has 0 unspecified atom stereocenters. The summed E-state index contributed by atoms with van der Waals surface area (Å²) in [5.74, 6) is 0. The number of benzene rings is 1. The molecular weight excluding hydrogens is 332 g/mol. The van der Waals surface area contributed by atoms with E-state index < -0.39 is 0 Å². The van der Waals surface area contributed by atoms with Gasteiger partial charge in [0, 0.05) is 11.9 Å². The average Bonchev–Trinajstić information content (AvgIpc) is 3.18. The van der Waals surface area contributed by atoms with Gasteiger partial charge in [0.2, 0.25) is 0 Å². The molecule has 2 aromatic heterocycles. The molecule has 0 amide bonds. The second kappa shape index (κ2) is 10.8. The summed E-state index contributed by atoms with van der Waals surface area (Å²) < 4.78 is 1.96. The molecular formula is C23H32N4. The van der Waals surface area contributed by atoms with Gasteiger partial charge >= 0.3 is 0 Å². The molecule has 2 heterocycles. The molecule has 0 atom stereocenters. The van der Waals surface area contributed by atoms with Gasteiger partial charge in [-0.2, -0.15) is 0 Å². The highest BCUT2D eigenvalue weighted by molar-refractivity contribution is 5.80. The monoisotopic (exact) mass is 364 g/mol. The van der Waals surface area contributed by atoms with E-state index in [4.69, 9.17) is 4.98 Å². The maximum absolute atomic E-state index is 4.70. The molecule has 0 N–H and O–H groups in total. The van der Waals surface area contributed by atoms with Crippen LogP contribution in [0.5, 0.6) is 0 Å². The number of aryl methyl sites for hydroxylation is 1. The van der Waals surface area contributed by atoms with Crippen molar-refractivity contribution in [2.75, 3.05) is 0 Å². The van der Waals surface area contributed by atoms with Crippen molar-refractivity contribution in [1.82, 2.24) is 20.0 Å². The number of fused-ring (bicyclic) bond motifs is 1. The van der Waals surface area contributed by atoms with E-state index in [0.717, 1.165) is 28.8 Å². The predicted molar refractivity (Wildman–Crippen MR) is 113 cm³/mol. The number of aromatic nitrogens is 4. The molecule has 0 aliphatic carbocycles. The summed E-state index contributed by atoms with van der Waals surface area (Å²) in [6, 6.07) is 12.3. The highest BCUT2D eigenvalue weighted by Gasteiger charge is 2.06. The smallest absolute Gasteiger partial charge is 0.131 e. The van der Waals surface area contributed by atoms with Crippen molar-refractivity contribution in [2.45, 2.75) is 77.7 Å². The standard InChI is InChI=1S/C23H32N4/c1-2-3-4-5-6-7-8-9-10-13-18-27-19-23(25-26-27)22-17-16-20-14-11-12-15-21(20)24-22/h11-12,14-17,19H,2-10,13,18H2,1H3. The number of para-hydroxylation sites is 1. The molecule has 144 valence electrons. The van der Waals surface area contributed by atoms with Gasteiger partial charge in [-0.25, -0.2) is 4.98 Å². The highest BCUT2D eigenvalue weighted by Crippen LogP contribution is 2.19. The van der Waals surface area contributed by atoms with Crippen molar-refractivity contribution in [1.29, 1.82) is 0 Å². The second-order valence-corrected chi connectivity index (χ2v) is 7.44. The maximum Gasteiger partial charge on any atom is 0.131 e. The van der Waals surface area contributed by atoms with Crippen LogP contribution in [0.25, 0.3) is 22.3 Å². The normalized spacial score (nSPS) is 11.3. The first-order chi connectivity index (χ1) is 13.4. The molecule has 0 aliphatic rings. The van der Waals surface area contributed by atoms with Gasteiger partial charge in [-0.3, -0.25) is 4.68 Å². The summed E-state index contributed by atoms with van der Waals surface area (Å²) in [7, 11) is 0. The van der Waals surface area contributed by atoms with Gasteiger partial charge in [-0.05, 0) is 18.6 Å². The minimum atomic E-state index is 0.854. The first kappa shape index (κ1) is 19.5. The number of unbranched alkanes of at least 4 members (excludes halogenated alkanes) is 9. The quantitative estimate of drug-likeness (QED) is 0.349. The van der Waals surface area contributed by atoms with E-state index in [2.05, 4.69) is 29.4 Å². The van der Waals surface area contributed by atoms with Gasteiger partial charge in [0.1, 0.15) is 5.69 Å². The molecule has 0 saturated carbocycles. The summed E-state index contributed by atoms with van der Waals surface area (Å²) in [5, 5.41) is 9.73. The Morgan fingerprint density at radius 2 is 1.44 bits per heavy atom. The third kappa shape index (κ3) is 6.16. The van der Waals surface area contributed by atoms with E-state index in [0.29, 0.717) is 0 Å². The first-order valence-corrected chi connectivity index (χ1v) is 10.6. The van der Waals surface area contributed by atoms with Crippen molar-refractivity contribution in [2.24, 2.45) is 0 Å². The van der Waals surface area contributed by atoms with Crippen LogP contribution in [0, 0.1) is 0 Å². The van der Waals surface area contributed by atoms with E-state index >= 15 is 0 Å². The van der Waals surface area contributed by atoms with Crippen LogP contribution in [0.3, 0.4) is 0 Å². The number of hydrogen-bond donors (Lipinski definition) is 0. The number of rotatable bonds is 12. The Bertz CT molecular complexity index is 809. The minimum absolute atomic E-state index is 0.854. The summed E-state index contributed by atoms with van der Waals surface area (Å²) in [5.41, 5.74) is 2.75. The van der Waals surface area contributed by atoms with Crippen molar-refractivity contribution < 1.29 is 0 Å². The molecule has 0 saturated heterocycles. The highest BCUT2D eigenvalue weighted by atomic mass is 15.4. The minimum Gasteiger partial charge on any atom is -0.252 e. The summed E-state index contributed by atoms with van der Waals surface area (Å²) in [4.78, 5) is 4.70. The zero-order valence-corrected chi connectivity index (χ0v) is 16.6. The fourth-order valence-electron chi connectivity index (χ4n) is 3.49. The van der Waals surface area contributed by atoms with Gasteiger partial charge in [0.05, 0.1) is 17.4 Å². The number of nitrogens with zero attached hydrogens (tertiary/aromatic N) is 4. The summed E-state index contributed by atoms with van der Waals surface area (Å²) in [6.45, 7) is 3.22. The second-order valence-electron chi connectivity index (χ2n) is 7.44. The molecule has 4 nitrogen and oxygen atoms in total. The molecule has 27 heavy (non-hydrogen) atoms. The van der Waals surface area contributed by atoms with Crippen LogP contribution in [0.2, 0.25) is 0 Å². The van der Waals surface area contributed by atoms with E-state index in [1.165, 1.54) is 64.2 Å². The Balaban J connectivity index is 1.37. The fourth-order valence-corrected chi connectivity index (χ4v) is 3.49. The third-order valence-electron chi connectivity index (χ3n) is 5.14. The lowest BCUT2D eigenvalue weighted by Crippen LogP contribution is -1.98. The van der Waals surface area contributed by atoms with Crippen molar-refractivity contribution >= 4 is 10.9 Å². The molecule has 3 rings (SSSR count). The number of pyridine rings is 1. The van der Waals surface area contributed by atoms with Crippen LogP contribution in [0.15, 0.2) is 42.6 Å². The molecule has 0 radical (unpaired) electrons. The van der Waals surface area contributed by atoms with Crippen LogP contribution in [-0.2, 0) is 6.54 Å². The van der Waals surface area contributed by atoms with E-state index in [-0.39, 0.29) is 0 Å². The lowest BCUT2D eigenvalue weighted by atomic mass is 10.1. The van der Waals surface area contributed by atoms with Crippen LogP contribution in [-0.4, -0.2) is 20.0 Å². The lowest BCUT2D eigenvalue weighted by molar-refractivity contribution is 0.507. The van der Waals surface area contributed by atoms with Gasteiger partial charge in [0.25, 0.3) is 0 Å². The van der Waals surface area contributed by atoms with Crippen LogP contribution < -0.4 is 0 Å². The SMILES string of the molecule is CCCCCCCCCCCCn1cc(-c2ccc3ccccc3n2)nn1. The molecule has 0 spiro atoms. The van der Waals surface area contributed by atoms with Crippen molar-refractivity contribution in [3.8, 4) is 11.4 Å². The number of hydrogen-bond acceptors (Lipinski definition) is 3. The fraction of sp³-hybridized carbons (Fsp3) is 0.522. The van der Waals surface area contributed by atoms with Gasteiger partial charge in [-0.1, -0.05) is 94.2 Å². The maximum atomic E-state index is 4.70. The first-order valence-electron chi connectivity index (χ1n) is 10.6. The largest absolute Gasteiger partial charge is 0.252 e. The van der Waals surface area contributed by atoms with Crippen molar-refractivity contribution in [3.05, 3.63) is 42.6 Å². The zero-order valence-electron chi connectivity index (χ0n) is 16.6. The topological polar surface area (TPSA) is 43.6 Å². The summed E-state index contributed by atoms with van der Waals surface area (Å²) >= 11 is 0. The van der Waals surface area contributed by atoms with Crippen LogP contribution in [0.1, 0.15) is 71.1 Å². The molecule has 1 aromatic carbocycles. The Morgan fingerprint density at radius 3 is 2.22 bits per heavy atom. The van der Waals surface area contributed by atoms with Crippen LogP contribution in [0.4, 0.5) is 0 Å².